The third-order valence-corrected chi connectivity index (χ3v) is 5.55. The Hall–Kier alpha value is -1.63. The van der Waals surface area contributed by atoms with Crippen LogP contribution in [0.2, 0.25) is 0 Å². The molecule has 1 saturated carbocycles. The van der Waals surface area contributed by atoms with Gasteiger partial charge < -0.3 is 25.2 Å². The first-order valence-electron chi connectivity index (χ1n) is 9.11. The Balaban J connectivity index is 1.43. The van der Waals surface area contributed by atoms with Crippen molar-refractivity contribution in [2.75, 3.05) is 32.8 Å². The molecule has 1 aromatic carbocycles. The fraction of sp³-hybridized carbons (Fsp3) is 0.632. The highest BCUT2D eigenvalue weighted by Gasteiger charge is 2.56. The number of nitrogens with two attached hydrogens (primary N) is 1. The molecule has 138 valence electrons. The summed E-state index contributed by atoms with van der Waals surface area (Å²) in [5.74, 6) is 0.893. The molecule has 3 rings (SSSR count). The minimum Gasteiger partial charge on any atom is -0.493 e. The van der Waals surface area contributed by atoms with Crippen molar-refractivity contribution in [3.05, 3.63) is 30.3 Å². The molecule has 1 heterocycles. The monoisotopic (exact) mass is 348 g/mol. The molecular formula is C19H28N2O4. The summed E-state index contributed by atoms with van der Waals surface area (Å²) >= 11 is 0. The minimum atomic E-state index is -0.325. The van der Waals surface area contributed by atoms with Gasteiger partial charge >= 0.3 is 0 Å². The zero-order valence-corrected chi connectivity index (χ0v) is 14.6. The van der Waals surface area contributed by atoms with Crippen molar-refractivity contribution >= 4 is 5.91 Å². The first kappa shape index (κ1) is 18.2. The van der Waals surface area contributed by atoms with Gasteiger partial charge in [-0.2, -0.15) is 0 Å². The van der Waals surface area contributed by atoms with Gasteiger partial charge in [-0.25, -0.2) is 0 Å². The smallest absolute Gasteiger partial charge is 0.225 e. The van der Waals surface area contributed by atoms with E-state index in [1.54, 1.807) is 0 Å². The molecule has 1 aromatic rings. The number of carbonyl (C=O) groups excluding carboxylic acids is 1. The summed E-state index contributed by atoms with van der Waals surface area (Å²) in [5, 5.41) is 10.3. The Morgan fingerprint density at radius 3 is 2.60 bits per heavy atom. The summed E-state index contributed by atoms with van der Waals surface area (Å²) in [7, 11) is 0. The predicted octanol–water partition coefficient (Wildman–Crippen LogP) is 1.17. The van der Waals surface area contributed by atoms with Crippen LogP contribution in [-0.4, -0.2) is 61.0 Å². The first-order valence-corrected chi connectivity index (χ1v) is 9.11. The average Bonchev–Trinajstić information content (AvgIpc) is 2.66. The highest BCUT2D eigenvalue weighted by molar-refractivity contribution is 5.76. The van der Waals surface area contributed by atoms with Crippen LogP contribution in [0.5, 0.6) is 5.75 Å². The number of aliphatic hydroxyl groups excluding tert-OH is 1. The van der Waals surface area contributed by atoms with Crippen LogP contribution in [0.25, 0.3) is 0 Å². The maximum absolute atomic E-state index is 12.4. The van der Waals surface area contributed by atoms with Crippen molar-refractivity contribution in [2.24, 2.45) is 11.1 Å². The van der Waals surface area contributed by atoms with Gasteiger partial charge in [0.05, 0.1) is 31.8 Å². The number of amides is 1. The Morgan fingerprint density at radius 1 is 1.24 bits per heavy atom. The number of carbonyl (C=O) groups is 1. The summed E-state index contributed by atoms with van der Waals surface area (Å²) in [5.41, 5.74) is 5.32. The second kappa shape index (κ2) is 8.17. The molecule has 25 heavy (non-hydrogen) atoms. The normalized spacial score (nSPS) is 24.8. The van der Waals surface area contributed by atoms with E-state index in [4.69, 9.17) is 15.2 Å². The maximum Gasteiger partial charge on any atom is 0.225 e. The number of rotatable bonds is 7. The Morgan fingerprint density at radius 2 is 1.96 bits per heavy atom. The number of benzene rings is 1. The van der Waals surface area contributed by atoms with Crippen molar-refractivity contribution in [3.8, 4) is 5.75 Å². The lowest BCUT2D eigenvalue weighted by atomic mass is 9.58. The molecule has 6 nitrogen and oxygen atoms in total. The van der Waals surface area contributed by atoms with Crippen molar-refractivity contribution < 1.29 is 19.4 Å². The van der Waals surface area contributed by atoms with E-state index in [2.05, 4.69) is 0 Å². The summed E-state index contributed by atoms with van der Waals surface area (Å²) < 4.78 is 11.4. The third-order valence-electron chi connectivity index (χ3n) is 5.55. The second-order valence-corrected chi connectivity index (χ2v) is 6.93. The van der Waals surface area contributed by atoms with Crippen molar-refractivity contribution in [2.45, 2.75) is 37.9 Å². The second-order valence-electron chi connectivity index (χ2n) is 6.93. The number of likely N-dealkylation sites (tertiary alicyclic amines) is 1. The Kier molecular flexibility index (Phi) is 5.93. The maximum atomic E-state index is 12.4. The lowest BCUT2D eigenvalue weighted by molar-refractivity contribution is -0.210. The van der Waals surface area contributed by atoms with Crippen molar-refractivity contribution in [1.82, 2.24) is 4.90 Å². The van der Waals surface area contributed by atoms with Crippen LogP contribution in [0, 0.1) is 5.41 Å². The molecule has 0 aromatic heterocycles. The molecule has 1 aliphatic carbocycles. The molecule has 6 heteroatoms. The van der Waals surface area contributed by atoms with Crippen molar-refractivity contribution in [3.63, 3.8) is 0 Å². The number of nitrogens with zero attached hydrogens (tertiary/aromatic N) is 1. The number of piperidine rings is 1. The van der Waals surface area contributed by atoms with Gasteiger partial charge in [0, 0.05) is 31.5 Å². The molecular weight excluding hydrogens is 320 g/mol. The number of para-hydroxylation sites is 1. The van der Waals surface area contributed by atoms with Gasteiger partial charge in [-0.1, -0.05) is 18.2 Å². The van der Waals surface area contributed by atoms with Crippen LogP contribution in [0.4, 0.5) is 0 Å². The molecule has 1 spiro atoms. The van der Waals surface area contributed by atoms with E-state index in [0.717, 1.165) is 18.6 Å². The van der Waals surface area contributed by atoms with Gasteiger partial charge in [-0.3, -0.25) is 4.79 Å². The Labute approximate surface area is 148 Å². The largest absolute Gasteiger partial charge is 0.493 e. The highest BCUT2D eigenvalue weighted by Crippen LogP contribution is 2.50. The molecule has 2 fully saturated rings. The molecule has 3 N–H and O–H groups in total. The van der Waals surface area contributed by atoms with E-state index in [-0.39, 0.29) is 23.5 Å². The predicted molar refractivity (Wildman–Crippen MR) is 94.2 cm³/mol. The van der Waals surface area contributed by atoms with Crippen LogP contribution in [0.15, 0.2) is 30.3 Å². The lowest BCUT2D eigenvalue weighted by Crippen LogP contribution is -2.63. The van der Waals surface area contributed by atoms with Crippen molar-refractivity contribution in [1.29, 1.82) is 0 Å². The number of ether oxygens (including phenoxy) is 2. The number of aliphatic hydroxyl groups is 1. The van der Waals surface area contributed by atoms with Crippen LogP contribution >= 0.6 is 0 Å². The molecule has 1 aliphatic heterocycles. The van der Waals surface area contributed by atoms with Crippen LogP contribution in [0.1, 0.15) is 25.7 Å². The van der Waals surface area contributed by atoms with Gasteiger partial charge in [0.1, 0.15) is 5.75 Å². The average molecular weight is 348 g/mol. The summed E-state index contributed by atoms with van der Waals surface area (Å²) in [6.07, 6.45) is 2.37. The standard InChI is InChI=1S/C19H28N2O4/c20-9-13-25-17-14-16(22)19(17)7-10-21(11-8-19)18(23)6-12-24-15-4-2-1-3-5-15/h1-5,16-17,22H,6-14,20H2/t16-,17+/m1/s1. The molecule has 0 unspecified atom stereocenters. The van der Waals surface area contributed by atoms with Crippen LogP contribution in [0.3, 0.4) is 0 Å². The van der Waals surface area contributed by atoms with E-state index in [0.29, 0.717) is 45.7 Å². The first-order chi connectivity index (χ1) is 12.2. The number of hydrogen-bond donors (Lipinski definition) is 2. The quantitative estimate of drug-likeness (QED) is 0.773. The molecule has 1 amide bonds. The van der Waals surface area contributed by atoms with Crippen LogP contribution in [-0.2, 0) is 9.53 Å². The van der Waals surface area contributed by atoms with Gasteiger partial charge in [-0.15, -0.1) is 0 Å². The fourth-order valence-electron chi connectivity index (χ4n) is 3.93. The Bertz CT molecular complexity index is 558. The van der Waals surface area contributed by atoms with Gasteiger partial charge in [0.25, 0.3) is 0 Å². The van der Waals surface area contributed by atoms with E-state index >= 15 is 0 Å². The molecule has 0 radical (unpaired) electrons. The van der Waals surface area contributed by atoms with Gasteiger partial charge in [0.15, 0.2) is 0 Å². The van der Waals surface area contributed by atoms with Gasteiger partial charge in [0.2, 0.25) is 5.91 Å². The minimum absolute atomic E-state index is 0.0738. The summed E-state index contributed by atoms with van der Waals surface area (Å²) in [4.78, 5) is 14.3. The lowest BCUT2D eigenvalue weighted by Gasteiger charge is -2.56. The topological polar surface area (TPSA) is 85.0 Å². The van der Waals surface area contributed by atoms with E-state index < -0.39 is 0 Å². The summed E-state index contributed by atoms with van der Waals surface area (Å²) in [6.45, 7) is 2.75. The number of hydrogen-bond acceptors (Lipinski definition) is 5. The van der Waals surface area contributed by atoms with E-state index in [9.17, 15) is 9.90 Å². The highest BCUT2D eigenvalue weighted by atomic mass is 16.5. The molecule has 2 atom stereocenters. The SMILES string of the molecule is NCCO[C@H]1C[C@@H](O)C12CCN(C(=O)CCOc1ccccc1)CC2. The molecule has 2 aliphatic rings. The zero-order valence-electron chi connectivity index (χ0n) is 14.6. The third kappa shape index (κ3) is 3.97. The van der Waals surface area contributed by atoms with Gasteiger partial charge in [-0.05, 0) is 25.0 Å². The van der Waals surface area contributed by atoms with Crippen LogP contribution < -0.4 is 10.5 Å². The molecule has 0 bridgehead atoms. The summed E-state index contributed by atoms with van der Waals surface area (Å²) in [6, 6.07) is 9.52. The fourth-order valence-corrected chi connectivity index (χ4v) is 3.93. The zero-order chi connectivity index (χ0) is 17.7. The molecule has 1 saturated heterocycles. The van der Waals surface area contributed by atoms with E-state index in [1.165, 1.54) is 0 Å². The van der Waals surface area contributed by atoms with E-state index in [1.807, 2.05) is 35.2 Å².